The quantitative estimate of drug-likeness (QED) is 0.647. The Bertz CT molecular complexity index is 957. The van der Waals surface area contributed by atoms with Crippen molar-refractivity contribution < 1.29 is 4.79 Å². The standard InChI is InChI=1S/C20H22ClN5O/c1-12-18(13-6-4-3-5-7-13)24-25-19(12)20(27)26(2)11-17-22-15-9-8-14(21)10-16(15)23-17/h3-10,12,18-19,24-25H,11H2,1-2H3,(H,22,23). The molecule has 1 fully saturated rings. The lowest BCUT2D eigenvalue weighted by atomic mass is 9.90. The zero-order chi connectivity index (χ0) is 19.0. The Hall–Kier alpha value is -2.41. The van der Waals surface area contributed by atoms with Crippen LogP contribution in [0.2, 0.25) is 5.02 Å². The number of aromatic nitrogens is 2. The van der Waals surface area contributed by atoms with Crippen LogP contribution < -0.4 is 10.9 Å². The van der Waals surface area contributed by atoms with Crippen molar-refractivity contribution in [3.63, 3.8) is 0 Å². The third kappa shape index (κ3) is 3.56. The summed E-state index contributed by atoms with van der Waals surface area (Å²) in [6, 6.07) is 15.5. The van der Waals surface area contributed by atoms with E-state index in [0.29, 0.717) is 11.6 Å². The lowest BCUT2D eigenvalue weighted by molar-refractivity contribution is -0.133. The van der Waals surface area contributed by atoms with Crippen LogP contribution in [0.3, 0.4) is 0 Å². The van der Waals surface area contributed by atoms with Crippen molar-refractivity contribution in [2.24, 2.45) is 5.92 Å². The summed E-state index contributed by atoms with van der Waals surface area (Å²) in [5.74, 6) is 0.894. The molecule has 6 nitrogen and oxygen atoms in total. The smallest absolute Gasteiger partial charge is 0.241 e. The van der Waals surface area contributed by atoms with E-state index in [4.69, 9.17) is 11.6 Å². The first-order chi connectivity index (χ1) is 13.0. The topological polar surface area (TPSA) is 73.0 Å². The summed E-state index contributed by atoms with van der Waals surface area (Å²) in [7, 11) is 1.80. The largest absolute Gasteiger partial charge is 0.340 e. The van der Waals surface area contributed by atoms with Crippen molar-refractivity contribution in [1.29, 1.82) is 0 Å². The van der Waals surface area contributed by atoms with Crippen LogP contribution in [-0.4, -0.2) is 33.9 Å². The molecule has 7 heteroatoms. The van der Waals surface area contributed by atoms with Gasteiger partial charge in [0.1, 0.15) is 11.9 Å². The maximum Gasteiger partial charge on any atom is 0.241 e. The number of carbonyl (C=O) groups is 1. The second-order valence-corrected chi connectivity index (χ2v) is 7.49. The van der Waals surface area contributed by atoms with Gasteiger partial charge in [-0.2, -0.15) is 0 Å². The van der Waals surface area contributed by atoms with Gasteiger partial charge in [0.25, 0.3) is 0 Å². The lowest BCUT2D eigenvalue weighted by Gasteiger charge is -2.23. The van der Waals surface area contributed by atoms with Crippen LogP contribution >= 0.6 is 11.6 Å². The molecule has 1 aliphatic heterocycles. The molecule has 1 amide bonds. The Kier molecular flexibility index (Phi) is 4.86. The second kappa shape index (κ2) is 7.31. The van der Waals surface area contributed by atoms with Gasteiger partial charge in [0.15, 0.2) is 0 Å². The van der Waals surface area contributed by atoms with Gasteiger partial charge >= 0.3 is 0 Å². The number of carbonyl (C=O) groups excluding carboxylic acids is 1. The van der Waals surface area contributed by atoms with Gasteiger partial charge in [0.2, 0.25) is 5.91 Å². The second-order valence-electron chi connectivity index (χ2n) is 7.05. The summed E-state index contributed by atoms with van der Waals surface area (Å²) in [5.41, 5.74) is 9.31. The minimum Gasteiger partial charge on any atom is -0.340 e. The van der Waals surface area contributed by atoms with Crippen molar-refractivity contribution in [1.82, 2.24) is 25.7 Å². The van der Waals surface area contributed by atoms with E-state index in [-0.39, 0.29) is 23.9 Å². The summed E-state index contributed by atoms with van der Waals surface area (Å²) in [5, 5.41) is 0.657. The molecule has 1 aliphatic rings. The van der Waals surface area contributed by atoms with Crippen LogP contribution in [0.4, 0.5) is 0 Å². The number of hydrogen-bond donors (Lipinski definition) is 3. The van der Waals surface area contributed by atoms with Crippen molar-refractivity contribution in [2.45, 2.75) is 25.6 Å². The first-order valence-corrected chi connectivity index (χ1v) is 9.36. The Balaban J connectivity index is 1.45. The normalized spacial score (nSPS) is 22.3. The SMILES string of the molecule is CC1C(C(=O)N(C)Cc2nc3ccc(Cl)cc3[nH]2)NNC1c1ccccc1. The summed E-state index contributed by atoms with van der Waals surface area (Å²) in [6.45, 7) is 2.50. The molecule has 140 valence electrons. The number of fused-ring (bicyclic) bond motifs is 1. The molecule has 3 N–H and O–H groups in total. The van der Waals surface area contributed by atoms with E-state index in [1.54, 1.807) is 11.9 Å². The van der Waals surface area contributed by atoms with E-state index in [1.807, 2.05) is 36.4 Å². The number of rotatable bonds is 4. The fourth-order valence-electron chi connectivity index (χ4n) is 3.62. The van der Waals surface area contributed by atoms with E-state index in [9.17, 15) is 4.79 Å². The number of H-pyrrole nitrogens is 1. The molecule has 1 saturated heterocycles. The van der Waals surface area contributed by atoms with Gasteiger partial charge < -0.3 is 9.88 Å². The zero-order valence-corrected chi connectivity index (χ0v) is 16.0. The van der Waals surface area contributed by atoms with Crippen molar-refractivity contribution in [3.8, 4) is 0 Å². The molecule has 2 heterocycles. The Morgan fingerprint density at radius 3 is 2.74 bits per heavy atom. The highest BCUT2D eigenvalue weighted by atomic mass is 35.5. The first kappa shape index (κ1) is 18.0. The predicted octanol–water partition coefficient (Wildman–Crippen LogP) is 3.03. The van der Waals surface area contributed by atoms with Crippen molar-refractivity contribution >= 4 is 28.5 Å². The third-order valence-corrected chi connectivity index (χ3v) is 5.36. The lowest BCUT2D eigenvalue weighted by Crippen LogP contribution is -2.45. The summed E-state index contributed by atoms with van der Waals surface area (Å²) < 4.78 is 0. The first-order valence-electron chi connectivity index (χ1n) is 8.98. The Morgan fingerprint density at radius 1 is 1.19 bits per heavy atom. The molecular formula is C20H22ClN5O. The van der Waals surface area contributed by atoms with Gasteiger partial charge in [-0.1, -0.05) is 48.9 Å². The van der Waals surface area contributed by atoms with E-state index in [1.165, 1.54) is 5.56 Å². The molecule has 0 aliphatic carbocycles. The van der Waals surface area contributed by atoms with Gasteiger partial charge in [0, 0.05) is 18.0 Å². The van der Waals surface area contributed by atoms with Gasteiger partial charge in [-0.05, 0) is 23.8 Å². The molecule has 0 bridgehead atoms. The van der Waals surface area contributed by atoms with Crippen LogP contribution in [0.15, 0.2) is 48.5 Å². The Labute approximate surface area is 162 Å². The molecule has 0 spiro atoms. The summed E-state index contributed by atoms with van der Waals surface area (Å²) in [6.07, 6.45) is 0. The molecule has 3 unspecified atom stereocenters. The maximum atomic E-state index is 13.0. The van der Waals surface area contributed by atoms with E-state index >= 15 is 0 Å². The number of nitrogens with one attached hydrogen (secondary N) is 3. The van der Waals surface area contributed by atoms with E-state index < -0.39 is 0 Å². The van der Waals surface area contributed by atoms with E-state index in [0.717, 1.165) is 16.9 Å². The maximum absolute atomic E-state index is 13.0. The average molecular weight is 384 g/mol. The van der Waals surface area contributed by atoms with Crippen LogP contribution in [-0.2, 0) is 11.3 Å². The highest BCUT2D eigenvalue weighted by Crippen LogP contribution is 2.29. The van der Waals surface area contributed by atoms with Crippen LogP contribution in [0.5, 0.6) is 0 Å². The number of hydrogen-bond acceptors (Lipinski definition) is 4. The molecule has 0 radical (unpaired) electrons. The van der Waals surface area contributed by atoms with Crippen molar-refractivity contribution in [2.75, 3.05) is 7.05 Å². The number of aromatic amines is 1. The predicted molar refractivity (Wildman–Crippen MR) is 106 cm³/mol. The number of hydrazine groups is 1. The highest BCUT2D eigenvalue weighted by Gasteiger charge is 2.38. The monoisotopic (exact) mass is 383 g/mol. The minimum absolute atomic E-state index is 0.0342. The molecule has 0 saturated carbocycles. The molecule has 4 rings (SSSR count). The van der Waals surface area contributed by atoms with E-state index in [2.05, 4.69) is 39.9 Å². The number of likely N-dealkylation sites (N-methyl/N-ethyl adjacent to an activating group) is 1. The van der Waals surface area contributed by atoms with Gasteiger partial charge in [-0.3, -0.25) is 4.79 Å². The van der Waals surface area contributed by atoms with Crippen LogP contribution in [0, 0.1) is 5.92 Å². The molecule has 2 aromatic carbocycles. The van der Waals surface area contributed by atoms with Gasteiger partial charge in [0.05, 0.1) is 23.6 Å². The summed E-state index contributed by atoms with van der Waals surface area (Å²) in [4.78, 5) is 22.4. The summed E-state index contributed by atoms with van der Waals surface area (Å²) >= 11 is 6.02. The van der Waals surface area contributed by atoms with Crippen molar-refractivity contribution in [3.05, 3.63) is 64.9 Å². The highest BCUT2D eigenvalue weighted by molar-refractivity contribution is 6.31. The zero-order valence-electron chi connectivity index (χ0n) is 15.2. The van der Waals surface area contributed by atoms with Crippen LogP contribution in [0.1, 0.15) is 24.4 Å². The van der Waals surface area contributed by atoms with Crippen LogP contribution in [0.25, 0.3) is 11.0 Å². The molecule has 27 heavy (non-hydrogen) atoms. The molecule has 1 aromatic heterocycles. The average Bonchev–Trinajstić information content (AvgIpc) is 3.24. The third-order valence-electron chi connectivity index (χ3n) is 5.13. The Morgan fingerprint density at radius 2 is 1.96 bits per heavy atom. The number of benzene rings is 2. The fourth-order valence-corrected chi connectivity index (χ4v) is 3.79. The number of halogens is 1. The number of imidazole rings is 1. The van der Waals surface area contributed by atoms with Gasteiger partial charge in [-0.15, -0.1) is 0 Å². The number of amides is 1. The molecule has 3 atom stereocenters. The van der Waals surface area contributed by atoms with Gasteiger partial charge in [-0.25, -0.2) is 15.8 Å². The fraction of sp³-hybridized carbons (Fsp3) is 0.300. The molecule has 3 aromatic rings. The molecular weight excluding hydrogens is 362 g/mol. The minimum atomic E-state index is -0.293. The number of nitrogens with zero attached hydrogens (tertiary/aromatic N) is 2.